The van der Waals surface area contributed by atoms with Crippen LogP contribution in [0.3, 0.4) is 0 Å². The number of carbonyl (C=O) groups excluding carboxylic acids is 4. The second-order valence-corrected chi connectivity index (χ2v) is 9.93. The van der Waals surface area contributed by atoms with Crippen LogP contribution in [-0.4, -0.2) is 97.9 Å². The van der Waals surface area contributed by atoms with Gasteiger partial charge >= 0.3 is 0 Å². The molecule has 9 nitrogen and oxygen atoms in total. The molecular weight excluding hydrogens is 492 g/mol. The molecule has 2 saturated heterocycles. The van der Waals surface area contributed by atoms with Crippen LogP contribution >= 0.6 is 0 Å². The SMILES string of the molecule is [B]C1([B])C(=O)NC(=O)C([B])(N2Cc3c(OCc4ccc(CN5CCOCC5=O)cc4)cccc3C2=O)C1([B])[B]. The second-order valence-electron chi connectivity index (χ2n) is 9.93. The van der Waals surface area contributed by atoms with Crippen molar-refractivity contribution in [3.05, 3.63) is 64.7 Å². The van der Waals surface area contributed by atoms with Crippen molar-refractivity contribution < 1.29 is 28.7 Å². The first kappa shape index (κ1) is 27.2. The zero-order valence-electron chi connectivity index (χ0n) is 21.0. The van der Waals surface area contributed by atoms with Crippen molar-refractivity contribution in [2.75, 3.05) is 19.8 Å². The average molecular weight is 513 g/mol. The topological polar surface area (TPSA) is 105 Å². The van der Waals surface area contributed by atoms with Gasteiger partial charge in [0.05, 0.1) is 50.0 Å². The highest BCUT2D eigenvalue weighted by Crippen LogP contribution is 2.55. The summed E-state index contributed by atoms with van der Waals surface area (Å²) in [4.78, 5) is 53.1. The molecule has 3 heterocycles. The van der Waals surface area contributed by atoms with Gasteiger partial charge in [-0.2, -0.15) is 0 Å². The molecule has 186 valence electrons. The molecule has 2 aromatic carbocycles. The monoisotopic (exact) mass is 513 g/mol. The van der Waals surface area contributed by atoms with Gasteiger partial charge in [0, 0.05) is 24.2 Å². The van der Waals surface area contributed by atoms with E-state index in [0.717, 1.165) is 16.0 Å². The fourth-order valence-corrected chi connectivity index (χ4v) is 4.90. The molecule has 1 atom stereocenters. The van der Waals surface area contributed by atoms with Crippen LogP contribution in [0.2, 0.25) is 10.4 Å². The number of nitrogens with zero attached hydrogens (tertiary/aromatic N) is 2. The van der Waals surface area contributed by atoms with Crippen LogP contribution in [-0.2, 0) is 38.8 Å². The van der Waals surface area contributed by atoms with E-state index in [1.165, 1.54) is 0 Å². The summed E-state index contributed by atoms with van der Waals surface area (Å²) in [6.07, 6.45) is 0. The van der Waals surface area contributed by atoms with Crippen LogP contribution in [0.1, 0.15) is 27.0 Å². The first-order valence-corrected chi connectivity index (χ1v) is 12.2. The molecule has 4 amide bonds. The Morgan fingerprint density at radius 3 is 2.31 bits per heavy atom. The number of rotatable bonds is 6. The molecule has 14 heteroatoms. The molecule has 0 spiro atoms. The number of piperidine rings is 1. The highest BCUT2D eigenvalue weighted by Gasteiger charge is 2.63. The number of fused-ring (bicyclic) bond motifs is 1. The van der Waals surface area contributed by atoms with Gasteiger partial charge in [0.1, 0.15) is 26.8 Å². The van der Waals surface area contributed by atoms with Crippen LogP contribution < -0.4 is 10.1 Å². The third kappa shape index (κ3) is 4.29. The molecule has 1 N–H and O–H groups in total. The second kappa shape index (κ2) is 9.66. The first-order chi connectivity index (χ1) is 18.4. The molecular formula is C25H20B5N3O6. The number of benzene rings is 2. The minimum absolute atomic E-state index is 0.0446. The summed E-state index contributed by atoms with van der Waals surface area (Å²) in [7, 11) is 30.3. The van der Waals surface area contributed by atoms with E-state index in [9.17, 15) is 19.2 Å². The molecule has 5 rings (SSSR count). The summed E-state index contributed by atoms with van der Waals surface area (Å²) in [5.74, 6) is -2.54. The van der Waals surface area contributed by atoms with Crippen molar-refractivity contribution in [2.24, 2.45) is 0 Å². The van der Waals surface area contributed by atoms with Crippen molar-refractivity contribution in [3.63, 3.8) is 0 Å². The van der Waals surface area contributed by atoms with E-state index < -0.39 is 33.6 Å². The normalized spacial score (nSPS) is 23.9. The quantitative estimate of drug-likeness (QED) is 0.394. The maximum Gasteiger partial charge on any atom is 0.254 e. The predicted octanol–water partition coefficient (Wildman–Crippen LogP) is -0.992. The van der Waals surface area contributed by atoms with Gasteiger partial charge in [-0.25, -0.2) is 0 Å². The van der Waals surface area contributed by atoms with E-state index in [2.05, 4.69) is 0 Å². The number of nitrogens with one attached hydrogen (secondary N) is 1. The van der Waals surface area contributed by atoms with Gasteiger partial charge in [-0.15, -0.1) is 0 Å². The van der Waals surface area contributed by atoms with E-state index in [1.807, 2.05) is 29.6 Å². The molecule has 0 aromatic heterocycles. The smallest absolute Gasteiger partial charge is 0.254 e. The fourth-order valence-electron chi connectivity index (χ4n) is 4.90. The van der Waals surface area contributed by atoms with Gasteiger partial charge in [-0.1, -0.05) is 35.5 Å². The molecule has 0 saturated carbocycles. The number of carbonyl (C=O) groups is 4. The van der Waals surface area contributed by atoms with Crippen molar-refractivity contribution in [1.82, 2.24) is 15.1 Å². The van der Waals surface area contributed by atoms with Crippen molar-refractivity contribution in [2.45, 2.75) is 35.6 Å². The van der Waals surface area contributed by atoms with Crippen LogP contribution in [0.5, 0.6) is 5.75 Å². The van der Waals surface area contributed by atoms with Gasteiger partial charge in [0.2, 0.25) is 17.7 Å². The van der Waals surface area contributed by atoms with Crippen molar-refractivity contribution in [3.8, 4) is 5.75 Å². The summed E-state index contributed by atoms with van der Waals surface area (Å²) in [5.41, 5.74) is 0.0506. The molecule has 0 bridgehead atoms. The van der Waals surface area contributed by atoms with Crippen LogP contribution in [0.25, 0.3) is 0 Å². The van der Waals surface area contributed by atoms with E-state index >= 15 is 0 Å². The van der Waals surface area contributed by atoms with Crippen LogP contribution in [0.4, 0.5) is 0 Å². The van der Waals surface area contributed by atoms with E-state index in [1.54, 1.807) is 23.1 Å². The number of hydrogen-bond acceptors (Lipinski definition) is 6. The molecule has 1 unspecified atom stereocenters. The molecule has 3 aliphatic rings. The first-order valence-electron chi connectivity index (χ1n) is 12.2. The Bertz CT molecular complexity index is 1370. The zero-order chi connectivity index (χ0) is 28.2. The number of hydrogen-bond donors (Lipinski definition) is 1. The summed E-state index contributed by atoms with van der Waals surface area (Å²) in [6, 6.07) is 12.5. The fraction of sp³-hybridized carbons (Fsp3) is 0.360. The maximum absolute atomic E-state index is 13.4. The van der Waals surface area contributed by atoms with Gasteiger partial charge < -0.3 is 19.3 Å². The van der Waals surface area contributed by atoms with E-state index in [0.29, 0.717) is 31.0 Å². The minimum Gasteiger partial charge on any atom is -0.489 e. The molecule has 2 fully saturated rings. The van der Waals surface area contributed by atoms with Gasteiger partial charge in [-0.3, -0.25) is 24.5 Å². The summed E-state index contributed by atoms with van der Waals surface area (Å²) >= 11 is 0. The van der Waals surface area contributed by atoms with E-state index in [4.69, 9.17) is 48.7 Å². The molecule has 2 aromatic rings. The predicted molar refractivity (Wildman–Crippen MR) is 143 cm³/mol. The third-order valence-corrected chi connectivity index (χ3v) is 7.49. The number of amides is 4. The lowest BCUT2D eigenvalue weighted by molar-refractivity contribution is -0.143. The summed E-state index contributed by atoms with van der Waals surface area (Å²) < 4.78 is 11.2. The van der Waals surface area contributed by atoms with Gasteiger partial charge in [-0.05, 0) is 28.5 Å². The van der Waals surface area contributed by atoms with Crippen molar-refractivity contribution in [1.29, 1.82) is 0 Å². The highest BCUT2D eigenvalue weighted by atomic mass is 16.5. The lowest BCUT2D eigenvalue weighted by Gasteiger charge is -2.60. The molecule has 0 aliphatic carbocycles. The third-order valence-electron chi connectivity index (χ3n) is 7.49. The Morgan fingerprint density at radius 1 is 0.923 bits per heavy atom. The standard InChI is InChI=1S/C25H20B5N3O6/c26-23(27)21(36)31-22(37)24(28,25(23,29)30)33-11-17-16(20(33)35)2-1-3-18(17)39-12-15-6-4-14(5-7-15)10-32-8-9-38-13-19(32)34/h1-7H,8-13H2,(H,31,36,37). The molecule has 39 heavy (non-hydrogen) atoms. The minimum atomic E-state index is -2.51. The zero-order valence-corrected chi connectivity index (χ0v) is 21.0. The Morgan fingerprint density at radius 2 is 1.62 bits per heavy atom. The van der Waals surface area contributed by atoms with Crippen LogP contribution in [0.15, 0.2) is 42.5 Å². The van der Waals surface area contributed by atoms with Gasteiger partial charge in [0.15, 0.2) is 0 Å². The van der Waals surface area contributed by atoms with Crippen LogP contribution in [0, 0.1) is 0 Å². The largest absolute Gasteiger partial charge is 0.489 e. The Balaban J connectivity index is 1.32. The summed E-state index contributed by atoms with van der Waals surface area (Å²) in [5, 5.41) is -2.99. The maximum atomic E-state index is 13.4. The number of imide groups is 1. The Labute approximate surface area is 232 Å². The average Bonchev–Trinajstić information content (AvgIpc) is 3.25. The molecule has 10 radical (unpaired) electrons. The number of ether oxygens (including phenoxy) is 2. The summed E-state index contributed by atoms with van der Waals surface area (Å²) in [6.45, 7) is 1.64. The molecule has 3 aliphatic heterocycles. The lowest BCUT2D eigenvalue weighted by Crippen LogP contribution is -2.75. The Hall–Kier alpha value is -3.40. The highest BCUT2D eigenvalue weighted by molar-refractivity contribution is 6.66. The van der Waals surface area contributed by atoms with Gasteiger partial charge in [0.25, 0.3) is 5.91 Å². The van der Waals surface area contributed by atoms with Crippen molar-refractivity contribution >= 4 is 62.9 Å². The number of morpholine rings is 1. The lowest BCUT2D eigenvalue weighted by atomic mass is 9.21. The Kier molecular flexibility index (Phi) is 6.73. The van der Waals surface area contributed by atoms with E-state index in [-0.39, 0.29) is 31.2 Å².